The molecule has 2 aromatic carbocycles. The Bertz CT molecular complexity index is 770. The van der Waals surface area contributed by atoms with Crippen molar-refractivity contribution in [1.82, 2.24) is 0 Å². The molecule has 0 radical (unpaired) electrons. The van der Waals surface area contributed by atoms with E-state index >= 15 is 0 Å². The number of methoxy groups -OCH3 is 1. The van der Waals surface area contributed by atoms with Gasteiger partial charge in [0.25, 0.3) is 0 Å². The highest BCUT2D eigenvalue weighted by molar-refractivity contribution is 6.31. The zero-order valence-corrected chi connectivity index (χ0v) is 14.1. The summed E-state index contributed by atoms with van der Waals surface area (Å²) < 4.78 is 5.16. The molecule has 4 nitrogen and oxygen atoms in total. The van der Waals surface area contributed by atoms with Crippen LogP contribution in [-0.4, -0.2) is 18.1 Å². The van der Waals surface area contributed by atoms with E-state index in [4.69, 9.17) is 16.3 Å². The predicted molar refractivity (Wildman–Crippen MR) is 95.2 cm³/mol. The van der Waals surface area contributed by atoms with Gasteiger partial charge < -0.3 is 4.74 Å². The summed E-state index contributed by atoms with van der Waals surface area (Å²) in [5.41, 5.74) is 2.86. The summed E-state index contributed by atoms with van der Waals surface area (Å²) in [6, 6.07) is 14.3. The first-order chi connectivity index (χ1) is 11.6. The van der Waals surface area contributed by atoms with Crippen molar-refractivity contribution in [3.8, 4) is 5.75 Å². The van der Waals surface area contributed by atoms with Crippen molar-refractivity contribution in [1.29, 1.82) is 0 Å². The number of allylic oxidation sites excluding steroid dienone is 1. The minimum absolute atomic E-state index is 0.176. The maximum absolute atomic E-state index is 11.6. The number of halogens is 1. The second-order valence-corrected chi connectivity index (χ2v) is 6.29. The lowest BCUT2D eigenvalue weighted by atomic mass is 9.79. The van der Waals surface area contributed by atoms with E-state index in [1.165, 1.54) is 0 Å². The number of benzene rings is 2. The average molecular weight is 344 g/mol. The monoisotopic (exact) mass is 343 g/mol. The number of rotatable bonds is 4. The van der Waals surface area contributed by atoms with E-state index in [-0.39, 0.29) is 10.8 Å². The van der Waals surface area contributed by atoms with E-state index in [2.05, 4.69) is 6.08 Å². The molecular formula is C19H18ClNO3. The number of nitro groups is 1. The SMILES string of the molecule is COc1ccc(C2=CCC(c3ccccc3Cl)C([N+](=O)[O-])C2)cc1. The molecule has 0 fully saturated rings. The highest BCUT2D eigenvalue weighted by Crippen LogP contribution is 2.40. The molecule has 0 amide bonds. The molecule has 0 bridgehead atoms. The largest absolute Gasteiger partial charge is 0.497 e. The van der Waals surface area contributed by atoms with Crippen LogP contribution in [0.15, 0.2) is 54.6 Å². The van der Waals surface area contributed by atoms with Crippen LogP contribution in [0.4, 0.5) is 0 Å². The van der Waals surface area contributed by atoms with Gasteiger partial charge in [0, 0.05) is 16.4 Å². The minimum atomic E-state index is -0.674. The van der Waals surface area contributed by atoms with E-state index in [9.17, 15) is 10.1 Å². The molecule has 0 saturated heterocycles. The number of hydrogen-bond acceptors (Lipinski definition) is 3. The number of ether oxygens (including phenoxy) is 1. The second kappa shape index (κ2) is 7.05. The fourth-order valence-corrected chi connectivity index (χ4v) is 3.53. The Hall–Kier alpha value is -2.33. The van der Waals surface area contributed by atoms with Crippen molar-refractivity contribution >= 4 is 17.2 Å². The summed E-state index contributed by atoms with van der Waals surface area (Å²) in [6.45, 7) is 0. The van der Waals surface area contributed by atoms with Crippen LogP contribution < -0.4 is 4.74 Å². The number of hydrogen-bond donors (Lipinski definition) is 0. The molecule has 2 unspecified atom stereocenters. The molecular weight excluding hydrogens is 326 g/mol. The van der Waals surface area contributed by atoms with Gasteiger partial charge in [-0.15, -0.1) is 0 Å². The van der Waals surface area contributed by atoms with Crippen LogP contribution in [0.25, 0.3) is 5.57 Å². The molecule has 2 atom stereocenters. The zero-order valence-electron chi connectivity index (χ0n) is 13.3. The Balaban J connectivity index is 1.91. The Morgan fingerprint density at radius 2 is 1.88 bits per heavy atom. The van der Waals surface area contributed by atoms with Gasteiger partial charge in [-0.05, 0) is 41.3 Å². The molecule has 1 aliphatic rings. The van der Waals surface area contributed by atoms with Gasteiger partial charge in [0.1, 0.15) is 5.75 Å². The average Bonchev–Trinajstić information content (AvgIpc) is 2.62. The molecule has 2 aromatic rings. The van der Waals surface area contributed by atoms with Gasteiger partial charge in [-0.3, -0.25) is 10.1 Å². The molecule has 0 aromatic heterocycles. The van der Waals surface area contributed by atoms with Gasteiger partial charge in [0.05, 0.1) is 13.0 Å². The van der Waals surface area contributed by atoms with Crippen molar-refractivity contribution in [2.45, 2.75) is 24.8 Å². The smallest absolute Gasteiger partial charge is 0.224 e. The summed E-state index contributed by atoms with van der Waals surface area (Å²) in [4.78, 5) is 11.5. The molecule has 1 aliphatic carbocycles. The van der Waals surface area contributed by atoms with Crippen molar-refractivity contribution in [2.24, 2.45) is 0 Å². The molecule has 0 aliphatic heterocycles. The van der Waals surface area contributed by atoms with E-state index in [0.29, 0.717) is 17.9 Å². The van der Waals surface area contributed by atoms with Crippen molar-refractivity contribution in [2.75, 3.05) is 7.11 Å². The molecule has 0 heterocycles. The van der Waals surface area contributed by atoms with Crippen LogP contribution in [0.1, 0.15) is 29.9 Å². The molecule has 0 spiro atoms. The highest BCUT2D eigenvalue weighted by Gasteiger charge is 2.37. The first-order valence-electron chi connectivity index (χ1n) is 7.81. The molecule has 5 heteroatoms. The van der Waals surface area contributed by atoms with Crippen LogP contribution in [0, 0.1) is 10.1 Å². The normalized spacial score (nSPS) is 20.3. The molecule has 24 heavy (non-hydrogen) atoms. The van der Waals surface area contributed by atoms with Crippen LogP contribution in [-0.2, 0) is 0 Å². The van der Waals surface area contributed by atoms with Gasteiger partial charge >= 0.3 is 0 Å². The quantitative estimate of drug-likeness (QED) is 0.582. The lowest BCUT2D eigenvalue weighted by Gasteiger charge is -2.26. The summed E-state index contributed by atoms with van der Waals surface area (Å²) >= 11 is 6.26. The summed E-state index contributed by atoms with van der Waals surface area (Å²) in [6.07, 6.45) is 3.10. The van der Waals surface area contributed by atoms with E-state index in [0.717, 1.165) is 22.4 Å². The summed E-state index contributed by atoms with van der Waals surface area (Å²) in [7, 11) is 1.62. The van der Waals surface area contributed by atoms with Crippen LogP contribution in [0.5, 0.6) is 5.75 Å². The first kappa shape index (κ1) is 16.5. The second-order valence-electron chi connectivity index (χ2n) is 5.88. The van der Waals surface area contributed by atoms with Gasteiger partial charge in [-0.1, -0.05) is 48.0 Å². The van der Waals surface area contributed by atoms with Crippen LogP contribution in [0.2, 0.25) is 5.02 Å². The van der Waals surface area contributed by atoms with Gasteiger partial charge in [-0.2, -0.15) is 0 Å². The fourth-order valence-electron chi connectivity index (χ4n) is 3.25. The van der Waals surface area contributed by atoms with Crippen molar-refractivity contribution in [3.63, 3.8) is 0 Å². The molecule has 0 N–H and O–H groups in total. The Kier molecular flexibility index (Phi) is 4.86. The predicted octanol–water partition coefficient (Wildman–Crippen LogP) is 4.95. The van der Waals surface area contributed by atoms with Gasteiger partial charge in [-0.25, -0.2) is 0 Å². The fraction of sp³-hybridized carbons (Fsp3) is 0.263. The zero-order chi connectivity index (χ0) is 17.1. The third-order valence-electron chi connectivity index (χ3n) is 4.55. The minimum Gasteiger partial charge on any atom is -0.497 e. The molecule has 0 saturated carbocycles. The van der Waals surface area contributed by atoms with E-state index in [1.807, 2.05) is 42.5 Å². The van der Waals surface area contributed by atoms with Gasteiger partial charge in [0.2, 0.25) is 6.04 Å². The highest BCUT2D eigenvalue weighted by atomic mass is 35.5. The van der Waals surface area contributed by atoms with Crippen molar-refractivity contribution < 1.29 is 9.66 Å². The topological polar surface area (TPSA) is 52.4 Å². The lowest BCUT2D eigenvalue weighted by Crippen LogP contribution is -2.30. The standard InChI is InChI=1S/C19H18ClNO3/c1-24-15-9-6-13(7-10-15)14-8-11-17(19(12-14)21(22)23)16-4-2-3-5-18(16)20/h2-10,17,19H,11-12H2,1H3. The van der Waals surface area contributed by atoms with Crippen LogP contribution in [0.3, 0.4) is 0 Å². The van der Waals surface area contributed by atoms with Gasteiger partial charge in [0.15, 0.2) is 0 Å². The third-order valence-corrected chi connectivity index (χ3v) is 4.89. The van der Waals surface area contributed by atoms with E-state index in [1.54, 1.807) is 13.2 Å². The Morgan fingerprint density at radius 3 is 2.50 bits per heavy atom. The summed E-state index contributed by atoms with van der Waals surface area (Å²) in [5.74, 6) is 0.575. The Labute approximate surface area is 145 Å². The molecule has 124 valence electrons. The molecule has 3 rings (SSSR count). The van der Waals surface area contributed by atoms with Crippen molar-refractivity contribution in [3.05, 3.63) is 80.9 Å². The van der Waals surface area contributed by atoms with E-state index < -0.39 is 6.04 Å². The Morgan fingerprint density at radius 1 is 1.17 bits per heavy atom. The first-order valence-corrected chi connectivity index (χ1v) is 8.19. The number of nitrogens with zero attached hydrogens (tertiary/aromatic N) is 1. The third kappa shape index (κ3) is 3.29. The maximum Gasteiger partial charge on any atom is 0.224 e. The van der Waals surface area contributed by atoms with Crippen LogP contribution >= 0.6 is 11.6 Å². The lowest BCUT2D eigenvalue weighted by molar-refractivity contribution is -0.526. The summed E-state index contributed by atoms with van der Waals surface area (Å²) in [5, 5.41) is 12.2. The maximum atomic E-state index is 11.6.